The van der Waals surface area contributed by atoms with E-state index in [1.54, 1.807) is 30.1 Å². The molecular weight excluding hydrogens is 567 g/mol. The lowest BCUT2D eigenvalue weighted by molar-refractivity contribution is 0.184. The van der Waals surface area contributed by atoms with Gasteiger partial charge in [0.15, 0.2) is 17.5 Å². The van der Waals surface area contributed by atoms with Crippen LogP contribution in [0.2, 0.25) is 5.02 Å². The van der Waals surface area contributed by atoms with Gasteiger partial charge in [0.1, 0.15) is 0 Å². The number of hydrogen-bond donors (Lipinski definition) is 2. The average molecular weight is 588 g/mol. The zero-order valence-corrected chi connectivity index (χ0v) is 22.1. The summed E-state index contributed by atoms with van der Waals surface area (Å²) in [6.45, 7) is -0.0260. The summed E-state index contributed by atoms with van der Waals surface area (Å²) in [5.74, 6) is -4.90. The Morgan fingerprint density at radius 1 is 1.05 bits per heavy atom. The zero-order chi connectivity index (χ0) is 29.3. The third-order valence-electron chi connectivity index (χ3n) is 6.17. The summed E-state index contributed by atoms with van der Waals surface area (Å²) < 4.78 is 49.9. The molecule has 3 aromatic heterocycles. The molecule has 41 heavy (non-hydrogen) atoms. The molecule has 0 spiro atoms. The number of benzene rings is 2. The first kappa shape index (κ1) is 27.9. The molecule has 11 nitrogen and oxygen atoms in total. The van der Waals surface area contributed by atoms with Crippen LogP contribution in [-0.4, -0.2) is 42.6 Å². The van der Waals surface area contributed by atoms with Crippen LogP contribution < -0.4 is 22.3 Å². The van der Waals surface area contributed by atoms with Crippen LogP contribution >= 0.6 is 11.6 Å². The van der Waals surface area contributed by atoms with Crippen molar-refractivity contribution < 1.29 is 17.9 Å². The predicted octanol–water partition coefficient (Wildman–Crippen LogP) is 3.00. The summed E-state index contributed by atoms with van der Waals surface area (Å²) in [5.41, 5.74) is -1.69. The van der Waals surface area contributed by atoms with Crippen molar-refractivity contribution in [3.8, 4) is 0 Å². The molecule has 0 aliphatic carbocycles. The van der Waals surface area contributed by atoms with E-state index in [1.807, 2.05) is 0 Å². The topological polar surface area (TPSA) is 129 Å². The minimum absolute atomic E-state index is 0.0959. The number of pyridine rings is 1. The van der Waals surface area contributed by atoms with Crippen LogP contribution in [0, 0.1) is 17.5 Å². The summed E-state index contributed by atoms with van der Waals surface area (Å²) in [4.78, 5) is 45.2. The molecule has 0 bridgehead atoms. The number of aromatic amines is 1. The van der Waals surface area contributed by atoms with Gasteiger partial charge in [0.05, 0.1) is 42.5 Å². The van der Waals surface area contributed by atoms with Gasteiger partial charge in [-0.25, -0.2) is 27.3 Å². The van der Waals surface area contributed by atoms with Crippen molar-refractivity contribution in [1.29, 1.82) is 0 Å². The Morgan fingerprint density at radius 3 is 2.51 bits per heavy atom. The molecule has 0 fully saturated rings. The molecular formula is C26H21ClF3N7O4. The number of rotatable bonds is 9. The predicted molar refractivity (Wildman–Crippen MR) is 144 cm³/mol. The number of anilines is 2. The zero-order valence-electron chi connectivity index (χ0n) is 21.3. The number of nitrogens with zero attached hydrogens (tertiary/aromatic N) is 5. The van der Waals surface area contributed by atoms with E-state index in [1.165, 1.54) is 18.3 Å². The number of nitrogens with one attached hydrogen (secondary N) is 2. The lowest BCUT2D eigenvalue weighted by atomic mass is 10.2. The maximum atomic E-state index is 14.0. The average Bonchev–Trinajstić information content (AvgIpc) is 3.33. The lowest BCUT2D eigenvalue weighted by Crippen LogP contribution is -2.43. The highest BCUT2D eigenvalue weighted by atomic mass is 35.5. The van der Waals surface area contributed by atoms with E-state index >= 15 is 0 Å². The van der Waals surface area contributed by atoms with Crippen molar-refractivity contribution in [2.75, 3.05) is 19.0 Å². The van der Waals surface area contributed by atoms with Crippen LogP contribution in [0.4, 0.5) is 24.8 Å². The van der Waals surface area contributed by atoms with Crippen molar-refractivity contribution in [3.05, 3.63) is 114 Å². The van der Waals surface area contributed by atoms with Crippen LogP contribution in [0.5, 0.6) is 0 Å². The number of methoxy groups -OCH3 is 1. The quantitative estimate of drug-likeness (QED) is 0.254. The van der Waals surface area contributed by atoms with Crippen LogP contribution in [-0.2, 0) is 24.4 Å². The largest absolute Gasteiger partial charge is 0.383 e. The van der Waals surface area contributed by atoms with Gasteiger partial charge < -0.3 is 15.0 Å². The number of ether oxygens (including phenoxy) is 1. The van der Waals surface area contributed by atoms with E-state index in [-0.39, 0.29) is 27.8 Å². The lowest BCUT2D eigenvalue weighted by Gasteiger charge is -2.16. The smallest absolute Gasteiger partial charge is 0.355 e. The molecule has 0 aliphatic heterocycles. The van der Waals surface area contributed by atoms with E-state index in [4.69, 9.17) is 16.3 Å². The van der Waals surface area contributed by atoms with Crippen LogP contribution in [0.1, 0.15) is 11.1 Å². The number of hydrogen-bond acceptors (Lipinski definition) is 7. The van der Waals surface area contributed by atoms with Crippen LogP contribution in [0.3, 0.4) is 0 Å². The molecule has 2 N–H and O–H groups in total. The maximum Gasteiger partial charge on any atom is 0.355 e. The molecule has 0 radical (unpaired) electrons. The molecule has 0 unspecified atom stereocenters. The fraction of sp³-hybridized carbons (Fsp3) is 0.192. The number of aromatic nitrogens is 6. The molecule has 15 heteroatoms. The Hall–Kier alpha value is -4.69. The Bertz CT molecular complexity index is 1930. The van der Waals surface area contributed by atoms with Crippen molar-refractivity contribution in [2.24, 2.45) is 0 Å². The van der Waals surface area contributed by atoms with Crippen molar-refractivity contribution >= 4 is 34.1 Å². The van der Waals surface area contributed by atoms with Crippen molar-refractivity contribution in [1.82, 2.24) is 28.9 Å². The molecule has 5 aromatic rings. The van der Waals surface area contributed by atoms with Gasteiger partial charge in [0, 0.05) is 30.5 Å². The van der Waals surface area contributed by atoms with E-state index < -0.39 is 47.5 Å². The minimum Gasteiger partial charge on any atom is -0.383 e. The normalized spacial score (nSPS) is 11.3. The molecule has 212 valence electrons. The van der Waals surface area contributed by atoms with Gasteiger partial charge in [0.25, 0.3) is 5.56 Å². The number of halogens is 4. The Morgan fingerprint density at radius 2 is 1.80 bits per heavy atom. The summed E-state index contributed by atoms with van der Waals surface area (Å²) in [6.07, 6.45) is 3.13. The van der Waals surface area contributed by atoms with Gasteiger partial charge in [-0.1, -0.05) is 17.7 Å². The highest BCUT2D eigenvalue weighted by molar-refractivity contribution is 6.34. The Kier molecular flexibility index (Phi) is 7.77. The second-order valence-corrected chi connectivity index (χ2v) is 9.38. The second kappa shape index (κ2) is 11.4. The highest BCUT2D eigenvalue weighted by Gasteiger charge is 2.19. The van der Waals surface area contributed by atoms with Gasteiger partial charge in [-0.15, -0.1) is 0 Å². The van der Waals surface area contributed by atoms with Gasteiger partial charge in [0.2, 0.25) is 5.95 Å². The first-order valence-corrected chi connectivity index (χ1v) is 12.5. The number of fused-ring (bicyclic) bond motifs is 1. The second-order valence-electron chi connectivity index (χ2n) is 8.97. The number of H-pyrrole nitrogens is 1. The van der Waals surface area contributed by atoms with Crippen molar-refractivity contribution in [3.63, 3.8) is 0 Å². The third kappa shape index (κ3) is 5.78. The van der Waals surface area contributed by atoms with E-state index in [0.717, 1.165) is 16.7 Å². The summed E-state index contributed by atoms with van der Waals surface area (Å²) in [7, 11) is 1.56. The van der Waals surface area contributed by atoms with E-state index in [0.29, 0.717) is 28.6 Å². The Balaban J connectivity index is 1.61. The highest BCUT2D eigenvalue weighted by Crippen LogP contribution is 2.29. The van der Waals surface area contributed by atoms with Crippen LogP contribution in [0.15, 0.2) is 63.2 Å². The molecule has 0 aliphatic rings. The summed E-state index contributed by atoms with van der Waals surface area (Å²) >= 11 is 6.46. The molecule has 5 rings (SSSR count). The van der Waals surface area contributed by atoms with Crippen LogP contribution in [0.25, 0.3) is 10.9 Å². The SMILES string of the molecule is COCCn1cc2cc(Nc3nc(=O)n(Cc4ccc[nH]c4=O)c(=O)n3Cc3cc(F)c(F)c(F)c3)c(Cl)cc2n1. The van der Waals surface area contributed by atoms with E-state index in [2.05, 4.69) is 20.4 Å². The monoisotopic (exact) mass is 587 g/mol. The summed E-state index contributed by atoms with van der Waals surface area (Å²) in [5, 5.41) is 8.10. The minimum atomic E-state index is -1.67. The van der Waals surface area contributed by atoms with E-state index in [9.17, 15) is 27.6 Å². The molecule has 2 aromatic carbocycles. The molecule has 0 saturated carbocycles. The fourth-order valence-electron chi connectivity index (χ4n) is 4.15. The first-order chi connectivity index (χ1) is 19.6. The van der Waals surface area contributed by atoms with Gasteiger partial charge >= 0.3 is 11.4 Å². The van der Waals surface area contributed by atoms with Crippen molar-refractivity contribution in [2.45, 2.75) is 19.6 Å². The van der Waals surface area contributed by atoms with Gasteiger partial charge in [-0.05, 0) is 35.9 Å². The molecule has 0 saturated heterocycles. The maximum absolute atomic E-state index is 14.0. The first-order valence-electron chi connectivity index (χ1n) is 12.1. The molecule has 3 heterocycles. The third-order valence-corrected chi connectivity index (χ3v) is 6.49. The molecule has 0 atom stereocenters. The fourth-order valence-corrected chi connectivity index (χ4v) is 4.35. The standard InChI is InChI=1S/C26H21ClF3N7O4/c1-41-6-5-35-12-16-9-21(17(27)10-20(16)34-35)32-24-33-25(39)37(13-15-3-2-4-31-23(15)38)26(40)36(24)11-14-7-18(28)22(30)19(29)8-14/h2-4,7-10,12H,5-6,11,13H2,1H3,(H,31,38)(H,32,33,39). The van der Waals surface area contributed by atoms with Gasteiger partial charge in [-0.3, -0.25) is 14.0 Å². The summed E-state index contributed by atoms with van der Waals surface area (Å²) in [6, 6.07) is 7.57. The van der Waals surface area contributed by atoms with Gasteiger partial charge in [-0.2, -0.15) is 10.1 Å². The Labute approximate surface area is 233 Å². The molecule has 0 amide bonds.